The summed E-state index contributed by atoms with van der Waals surface area (Å²) in [4.78, 5) is 40.9. The van der Waals surface area contributed by atoms with Gasteiger partial charge in [0.05, 0.1) is 11.3 Å². The lowest BCUT2D eigenvalue weighted by molar-refractivity contribution is -0.384. The Labute approximate surface area is 155 Å². The van der Waals surface area contributed by atoms with Gasteiger partial charge in [0.2, 0.25) is 0 Å². The Bertz CT molecular complexity index is 872. The molecule has 1 N–H and O–H groups in total. The Balaban J connectivity index is 1.98. The van der Waals surface area contributed by atoms with Crippen molar-refractivity contribution in [2.75, 3.05) is 7.05 Å². The standard InChI is InChI=1S/C18H20N4O5/c1-20(18(17(24)25)7-3-2-4-8-18)16(23)13-5-6-14(15(11-13)22(26)27)21-10-9-19-12-21/h5-6,9-12H,2-4,7-8H2,1H3,(H,24,25). The van der Waals surface area contributed by atoms with E-state index in [1.165, 1.54) is 47.2 Å². The Morgan fingerprint density at radius 3 is 2.56 bits per heavy atom. The van der Waals surface area contributed by atoms with Gasteiger partial charge in [-0.2, -0.15) is 0 Å². The van der Waals surface area contributed by atoms with E-state index in [0.29, 0.717) is 12.8 Å². The van der Waals surface area contributed by atoms with E-state index in [4.69, 9.17) is 0 Å². The molecule has 0 unspecified atom stereocenters. The number of amides is 1. The SMILES string of the molecule is CN(C(=O)c1ccc(-n2ccnc2)c([N+](=O)[O-])c1)C1(C(=O)O)CCCCC1. The molecular weight excluding hydrogens is 352 g/mol. The predicted molar refractivity (Wildman–Crippen MR) is 95.8 cm³/mol. The number of hydrogen-bond donors (Lipinski definition) is 1. The van der Waals surface area contributed by atoms with Crippen molar-refractivity contribution in [1.82, 2.24) is 14.5 Å². The maximum atomic E-state index is 12.9. The number of nitrogens with zero attached hydrogens (tertiary/aromatic N) is 4. The number of nitro groups is 1. The lowest BCUT2D eigenvalue weighted by atomic mass is 9.80. The van der Waals surface area contributed by atoms with Crippen LogP contribution >= 0.6 is 0 Å². The second kappa shape index (κ2) is 7.18. The third-order valence-corrected chi connectivity index (χ3v) is 5.23. The number of nitro benzene ring substituents is 1. The zero-order valence-corrected chi connectivity index (χ0v) is 14.9. The molecule has 9 heteroatoms. The Morgan fingerprint density at radius 1 is 1.30 bits per heavy atom. The second-order valence-electron chi connectivity index (χ2n) is 6.69. The molecule has 3 rings (SSSR count). The summed E-state index contributed by atoms with van der Waals surface area (Å²) >= 11 is 0. The molecule has 0 saturated heterocycles. The van der Waals surface area contributed by atoms with E-state index in [1.54, 1.807) is 6.20 Å². The first kappa shape index (κ1) is 18.6. The smallest absolute Gasteiger partial charge is 0.329 e. The summed E-state index contributed by atoms with van der Waals surface area (Å²) < 4.78 is 1.48. The third kappa shape index (κ3) is 3.27. The molecule has 1 fully saturated rings. The van der Waals surface area contributed by atoms with E-state index < -0.39 is 22.3 Å². The highest BCUT2D eigenvalue weighted by atomic mass is 16.6. The van der Waals surface area contributed by atoms with Crippen molar-refractivity contribution in [3.8, 4) is 5.69 Å². The van der Waals surface area contributed by atoms with E-state index in [1.807, 2.05) is 0 Å². The number of benzene rings is 1. The van der Waals surface area contributed by atoms with Gasteiger partial charge < -0.3 is 14.6 Å². The minimum absolute atomic E-state index is 0.0827. The first-order valence-corrected chi connectivity index (χ1v) is 8.65. The Kier molecular flexibility index (Phi) is 4.93. The van der Waals surface area contributed by atoms with Crippen molar-refractivity contribution >= 4 is 17.6 Å². The molecule has 2 aromatic rings. The first-order chi connectivity index (χ1) is 12.9. The van der Waals surface area contributed by atoms with Gasteiger partial charge in [-0.1, -0.05) is 19.3 Å². The summed E-state index contributed by atoms with van der Waals surface area (Å²) in [6.45, 7) is 0. The highest BCUT2D eigenvalue weighted by molar-refractivity contribution is 5.98. The third-order valence-electron chi connectivity index (χ3n) is 5.23. The van der Waals surface area contributed by atoms with Crippen LogP contribution in [0.4, 0.5) is 5.69 Å². The van der Waals surface area contributed by atoms with Crippen LogP contribution in [0.3, 0.4) is 0 Å². The summed E-state index contributed by atoms with van der Waals surface area (Å²) in [6, 6.07) is 4.13. The molecule has 1 amide bonds. The minimum atomic E-state index is -1.27. The number of imidazole rings is 1. The molecular formula is C18H20N4O5. The average Bonchev–Trinajstić information content (AvgIpc) is 3.21. The van der Waals surface area contributed by atoms with Gasteiger partial charge in [0.1, 0.15) is 11.2 Å². The molecule has 9 nitrogen and oxygen atoms in total. The molecule has 27 heavy (non-hydrogen) atoms. The molecule has 1 heterocycles. The molecule has 142 valence electrons. The quantitative estimate of drug-likeness (QED) is 0.636. The number of carbonyl (C=O) groups is 2. The van der Waals surface area contributed by atoms with Crippen LogP contribution in [0.5, 0.6) is 0 Å². The zero-order valence-electron chi connectivity index (χ0n) is 14.9. The maximum Gasteiger partial charge on any atom is 0.329 e. The normalized spacial score (nSPS) is 15.9. The molecule has 1 saturated carbocycles. The lowest BCUT2D eigenvalue weighted by Crippen LogP contribution is -2.56. The van der Waals surface area contributed by atoms with E-state index in [2.05, 4.69) is 4.98 Å². The van der Waals surface area contributed by atoms with Gasteiger partial charge >= 0.3 is 5.97 Å². The fourth-order valence-corrected chi connectivity index (χ4v) is 3.64. The van der Waals surface area contributed by atoms with Crippen molar-refractivity contribution < 1.29 is 19.6 Å². The predicted octanol–water partition coefficient (Wildman–Crippen LogP) is 2.64. The monoisotopic (exact) mass is 372 g/mol. The number of rotatable bonds is 5. The molecule has 0 radical (unpaired) electrons. The van der Waals surface area contributed by atoms with Crippen LogP contribution in [0, 0.1) is 10.1 Å². The van der Waals surface area contributed by atoms with Crippen LogP contribution in [0.2, 0.25) is 0 Å². The van der Waals surface area contributed by atoms with Gasteiger partial charge in [0.25, 0.3) is 11.6 Å². The van der Waals surface area contributed by atoms with E-state index in [0.717, 1.165) is 19.3 Å². The van der Waals surface area contributed by atoms with Gasteiger partial charge in [-0.05, 0) is 25.0 Å². The van der Waals surface area contributed by atoms with E-state index >= 15 is 0 Å². The molecule has 1 aliphatic rings. The fraction of sp³-hybridized carbons (Fsp3) is 0.389. The van der Waals surface area contributed by atoms with Gasteiger partial charge in [-0.15, -0.1) is 0 Å². The van der Waals surface area contributed by atoms with Crippen molar-refractivity contribution in [2.45, 2.75) is 37.6 Å². The first-order valence-electron chi connectivity index (χ1n) is 8.65. The van der Waals surface area contributed by atoms with E-state index in [9.17, 15) is 24.8 Å². The average molecular weight is 372 g/mol. The Hall–Kier alpha value is -3.23. The topological polar surface area (TPSA) is 119 Å². The number of carbonyl (C=O) groups excluding carboxylic acids is 1. The van der Waals surface area contributed by atoms with Gasteiger partial charge in [-0.3, -0.25) is 14.9 Å². The second-order valence-corrected chi connectivity index (χ2v) is 6.69. The molecule has 1 aromatic heterocycles. The number of hydrogen-bond acceptors (Lipinski definition) is 5. The van der Waals surface area contributed by atoms with Crippen LogP contribution in [-0.4, -0.2) is 48.9 Å². The minimum Gasteiger partial charge on any atom is -0.479 e. The number of aliphatic carboxylic acids is 1. The highest BCUT2D eigenvalue weighted by Crippen LogP contribution is 2.35. The number of carboxylic acid groups (broad SMARTS) is 1. The van der Waals surface area contributed by atoms with Gasteiger partial charge in [0, 0.05) is 31.1 Å². The number of carboxylic acids is 1. The van der Waals surface area contributed by atoms with E-state index in [-0.39, 0.29) is 16.9 Å². The summed E-state index contributed by atoms with van der Waals surface area (Å²) in [5, 5.41) is 21.2. The maximum absolute atomic E-state index is 12.9. The fourth-order valence-electron chi connectivity index (χ4n) is 3.64. The van der Waals surface area contributed by atoms with Crippen LogP contribution in [0.15, 0.2) is 36.9 Å². The van der Waals surface area contributed by atoms with Crippen molar-refractivity contribution in [3.05, 3.63) is 52.6 Å². The summed E-state index contributed by atoms with van der Waals surface area (Å²) in [5.41, 5.74) is -1.16. The van der Waals surface area contributed by atoms with Crippen LogP contribution < -0.4 is 0 Å². The van der Waals surface area contributed by atoms with Crippen LogP contribution in [0.25, 0.3) is 5.69 Å². The molecule has 0 bridgehead atoms. The number of likely N-dealkylation sites (N-methyl/N-ethyl adjacent to an activating group) is 1. The van der Waals surface area contributed by atoms with Crippen LogP contribution in [-0.2, 0) is 4.79 Å². The van der Waals surface area contributed by atoms with Crippen molar-refractivity contribution in [2.24, 2.45) is 0 Å². The largest absolute Gasteiger partial charge is 0.479 e. The van der Waals surface area contributed by atoms with Crippen LogP contribution in [0.1, 0.15) is 42.5 Å². The molecule has 1 aliphatic carbocycles. The number of aromatic nitrogens is 2. The summed E-state index contributed by atoms with van der Waals surface area (Å²) in [7, 11) is 1.46. The molecule has 1 aromatic carbocycles. The highest BCUT2D eigenvalue weighted by Gasteiger charge is 2.45. The van der Waals surface area contributed by atoms with Gasteiger partial charge in [0.15, 0.2) is 0 Å². The lowest BCUT2D eigenvalue weighted by Gasteiger charge is -2.41. The zero-order chi connectivity index (χ0) is 19.6. The summed E-state index contributed by atoms with van der Waals surface area (Å²) in [6.07, 6.45) is 7.63. The molecule has 0 spiro atoms. The summed E-state index contributed by atoms with van der Waals surface area (Å²) in [5.74, 6) is -1.58. The van der Waals surface area contributed by atoms with Crippen molar-refractivity contribution in [1.29, 1.82) is 0 Å². The van der Waals surface area contributed by atoms with Gasteiger partial charge in [-0.25, -0.2) is 9.78 Å². The molecule has 0 aliphatic heterocycles. The molecule has 0 atom stereocenters. The Morgan fingerprint density at radius 2 is 2.00 bits per heavy atom. The van der Waals surface area contributed by atoms with Crippen molar-refractivity contribution in [3.63, 3.8) is 0 Å².